The Kier molecular flexibility index (Phi) is 18.7. The number of allylic oxidation sites excluding steroid dienone is 8. The first-order chi connectivity index (χ1) is 14.0. The van der Waals surface area contributed by atoms with Gasteiger partial charge in [-0.2, -0.15) is 12.2 Å². The minimum atomic E-state index is 0. The zero-order valence-corrected chi connectivity index (χ0v) is 27.2. The molecule has 0 spiro atoms. The summed E-state index contributed by atoms with van der Waals surface area (Å²) in [4.78, 5) is 0. The maximum atomic E-state index is 3.55. The number of halogens is 2. The molecule has 2 aliphatic carbocycles. The van der Waals surface area contributed by atoms with Gasteiger partial charge in [-0.05, 0) is 47.3 Å². The van der Waals surface area contributed by atoms with Gasteiger partial charge in [-0.15, -0.1) is 12.8 Å². The van der Waals surface area contributed by atoms with Crippen molar-refractivity contribution in [2.24, 2.45) is 21.7 Å². The summed E-state index contributed by atoms with van der Waals surface area (Å²) in [6.45, 7) is 23.4. The van der Waals surface area contributed by atoms with E-state index in [-0.39, 0.29) is 51.0 Å². The fraction of sp³-hybridized carbons (Fsp3) is 0.733. The molecule has 0 N–H and O–H groups in total. The number of rotatable bonds is 8. The van der Waals surface area contributed by atoms with Gasteiger partial charge in [0.05, 0.1) is 0 Å². The third-order valence-corrected chi connectivity index (χ3v) is 7.85. The quantitative estimate of drug-likeness (QED) is 0.388. The van der Waals surface area contributed by atoms with E-state index in [4.69, 9.17) is 0 Å². The van der Waals surface area contributed by atoms with Crippen molar-refractivity contribution in [2.75, 3.05) is 0 Å². The predicted octanol–water partition coefficient (Wildman–Crippen LogP) is 3.84. The Labute approximate surface area is 239 Å². The van der Waals surface area contributed by atoms with Crippen LogP contribution in [-0.2, 0) is 26.2 Å². The maximum absolute atomic E-state index is 3.55. The van der Waals surface area contributed by atoms with Crippen LogP contribution in [0, 0.1) is 33.8 Å². The molecular formula is C30H50Cl2Zr. The van der Waals surface area contributed by atoms with Gasteiger partial charge in [-0.1, -0.05) is 82.1 Å². The molecule has 2 aliphatic rings. The predicted molar refractivity (Wildman–Crippen MR) is 135 cm³/mol. The minimum absolute atomic E-state index is 0. The smallest absolute Gasteiger partial charge is 1.00 e. The molecule has 2 rings (SSSR count). The van der Waals surface area contributed by atoms with Crippen LogP contribution in [0.5, 0.6) is 0 Å². The summed E-state index contributed by atoms with van der Waals surface area (Å²) in [5, 5.41) is 0. The molecule has 0 fully saturated rings. The van der Waals surface area contributed by atoms with Gasteiger partial charge in [0.15, 0.2) is 0 Å². The Bertz CT molecular complexity index is 600. The molecule has 0 aliphatic heterocycles. The molecule has 0 nitrogen and oxygen atoms in total. The Morgan fingerprint density at radius 2 is 0.939 bits per heavy atom. The van der Waals surface area contributed by atoms with Crippen LogP contribution in [0.4, 0.5) is 0 Å². The molecule has 0 heterocycles. The molecule has 0 aromatic heterocycles. The van der Waals surface area contributed by atoms with E-state index in [9.17, 15) is 0 Å². The van der Waals surface area contributed by atoms with E-state index < -0.39 is 0 Å². The normalized spacial score (nSPS) is 18.4. The van der Waals surface area contributed by atoms with Crippen molar-refractivity contribution in [2.45, 2.75) is 121 Å². The average molecular weight is 573 g/mol. The fourth-order valence-electron chi connectivity index (χ4n) is 5.94. The molecule has 3 heteroatoms. The standard InChI is InChI=1S/2C15H25.2ClH.Zr/c2*1-6-12-15(7-2,14(3,4)5)13-10-8-9-11-13;;;/h2*8,10H,6-7,9,12H2,1-5H3;2*1H;/q2*-1;;;+4/p-2. The SMILES string of the molecule is CCCC(CC)(C1=[C-]CC=C1)C(C)(C)C.CCCC(CC)(C1=[C-]CC=C1)C(C)(C)C.[Cl-].[Cl-].[Zr+4]. The van der Waals surface area contributed by atoms with Gasteiger partial charge in [0.1, 0.15) is 0 Å². The Hall–Kier alpha value is 0.423. The summed E-state index contributed by atoms with van der Waals surface area (Å²) in [5.74, 6) is 0. The summed E-state index contributed by atoms with van der Waals surface area (Å²) in [5.41, 5.74) is 4.23. The van der Waals surface area contributed by atoms with Gasteiger partial charge in [0.2, 0.25) is 0 Å². The molecule has 188 valence electrons. The van der Waals surface area contributed by atoms with Crippen molar-refractivity contribution in [3.63, 3.8) is 0 Å². The summed E-state index contributed by atoms with van der Waals surface area (Å²) in [6, 6.07) is 0. The van der Waals surface area contributed by atoms with Crippen LogP contribution in [0.15, 0.2) is 35.5 Å². The molecule has 0 saturated heterocycles. The van der Waals surface area contributed by atoms with E-state index in [1.165, 1.54) is 49.7 Å². The van der Waals surface area contributed by atoms with E-state index in [0.29, 0.717) is 21.7 Å². The van der Waals surface area contributed by atoms with Crippen LogP contribution in [0.3, 0.4) is 0 Å². The average Bonchev–Trinajstić information content (AvgIpc) is 3.36. The third kappa shape index (κ3) is 8.79. The van der Waals surface area contributed by atoms with Crippen LogP contribution >= 0.6 is 0 Å². The number of hydrogen-bond donors (Lipinski definition) is 0. The van der Waals surface area contributed by atoms with Crippen LogP contribution in [0.25, 0.3) is 0 Å². The molecular weight excluding hydrogens is 522 g/mol. The fourth-order valence-corrected chi connectivity index (χ4v) is 5.94. The molecule has 2 unspecified atom stereocenters. The molecule has 0 radical (unpaired) electrons. The zero-order valence-electron chi connectivity index (χ0n) is 23.2. The van der Waals surface area contributed by atoms with Gasteiger partial charge >= 0.3 is 26.2 Å². The molecule has 2 atom stereocenters. The minimum Gasteiger partial charge on any atom is -1.00 e. The van der Waals surface area contributed by atoms with Crippen LogP contribution < -0.4 is 24.8 Å². The van der Waals surface area contributed by atoms with Crippen LogP contribution in [-0.4, -0.2) is 0 Å². The van der Waals surface area contributed by atoms with E-state index in [1.807, 2.05) is 0 Å². The molecule has 0 aromatic carbocycles. The molecule has 0 amide bonds. The summed E-state index contributed by atoms with van der Waals surface area (Å²) in [7, 11) is 0. The van der Waals surface area contributed by atoms with Crippen molar-refractivity contribution in [3.8, 4) is 0 Å². The van der Waals surface area contributed by atoms with Crippen molar-refractivity contribution in [1.29, 1.82) is 0 Å². The second-order valence-electron chi connectivity index (χ2n) is 11.3. The van der Waals surface area contributed by atoms with E-state index in [0.717, 1.165) is 12.8 Å². The van der Waals surface area contributed by atoms with Crippen molar-refractivity contribution < 1.29 is 51.0 Å². The first-order valence-electron chi connectivity index (χ1n) is 12.5. The second-order valence-corrected chi connectivity index (χ2v) is 11.3. The topological polar surface area (TPSA) is 0 Å². The largest absolute Gasteiger partial charge is 4.00 e. The van der Waals surface area contributed by atoms with Crippen LogP contribution in [0.2, 0.25) is 0 Å². The monoisotopic (exact) mass is 570 g/mol. The van der Waals surface area contributed by atoms with E-state index in [1.54, 1.807) is 0 Å². The molecule has 33 heavy (non-hydrogen) atoms. The second kappa shape index (κ2) is 16.2. The zero-order chi connectivity index (χ0) is 23.1. The van der Waals surface area contributed by atoms with Crippen molar-refractivity contribution >= 4 is 0 Å². The van der Waals surface area contributed by atoms with Gasteiger partial charge in [0.25, 0.3) is 0 Å². The third-order valence-electron chi connectivity index (χ3n) is 7.85. The van der Waals surface area contributed by atoms with Crippen molar-refractivity contribution in [3.05, 3.63) is 47.6 Å². The molecule has 0 aromatic rings. The summed E-state index contributed by atoms with van der Waals surface area (Å²) < 4.78 is 0. The molecule has 0 bridgehead atoms. The molecule has 0 saturated carbocycles. The van der Waals surface area contributed by atoms with Gasteiger partial charge in [-0.25, -0.2) is 23.3 Å². The van der Waals surface area contributed by atoms with Gasteiger partial charge < -0.3 is 24.8 Å². The summed E-state index contributed by atoms with van der Waals surface area (Å²) in [6.07, 6.45) is 25.7. The van der Waals surface area contributed by atoms with Gasteiger partial charge in [0, 0.05) is 0 Å². The van der Waals surface area contributed by atoms with E-state index >= 15 is 0 Å². The van der Waals surface area contributed by atoms with Crippen molar-refractivity contribution in [1.82, 2.24) is 0 Å². The Morgan fingerprint density at radius 1 is 0.636 bits per heavy atom. The first kappa shape index (κ1) is 38.0. The Balaban J connectivity index is -0.000000500. The van der Waals surface area contributed by atoms with E-state index in [2.05, 4.69) is 106 Å². The Morgan fingerprint density at radius 3 is 1.09 bits per heavy atom. The van der Waals surface area contributed by atoms with Crippen LogP contribution in [0.1, 0.15) is 121 Å². The summed E-state index contributed by atoms with van der Waals surface area (Å²) >= 11 is 0. The maximum Gasteiger partial charge on any atom is 4.00 e. The van der Waals surface area contributed by atoms with Gasteiger partial charge in [-0.3, -0.25) is 12.2 Å². The number of hydrogen-bond acceptors (Lipinski definition) is 0. The first-order valence-corrected chi connectivity index (χ1v) is 12.5.